The van der Waals surface area contributed by atoms with Crippen LogP contribution < -0.4 is 10.6 Å². The highest BCUT2D eigenvalue weighted by molar-refractivity contribution is 5.95. The van der Waals surface area contributed by atoms with E-state index in [2.05, 4.69) is 24.5 Å². The van der Waals surface area contributed by atoms with Crippen LogP contribution in [0.4, 0.5) is 0 Å². The van der Waals surface area contributed by atoms with E-state index < -0.39 is 30.1 Å². The highest BCUT2D eigenvalue weighted by atomic mass is 16.6. The summed E-state index contributed by atoms with van der Waals surface area (Å²) in [5.74, 6) is -0.455. The van der Waals surface area contributed by atoms with E-state index in [1.807, 2.05) is 13.8 Å². The van der Waals surface area contributed by atoms with Gasteiger partial charge in [-0.05, 0) is 31.6 Å². The number of carbonyl (C=O) groups excluding carboxylic acids is 3. The van der Waals surface area contributed by atoms with Crippen molar-refractivity contribution in [2.24, 2.45) is 11.8 Å². The number of hydrogen-bond acceptors (Lipinski definition) is 5. The summed E-state index contributed by atoms with van der Waals surface area (Å²) in [7, 11) is 0. The van der Waals surface area contributed by atoms with Crippen molar-refractivity contribution in [3.63, 3.8) is 0 Å². The molecule has 0 spiro atoms. The molecule has 1 fully saturated rings. The van der Waals surface area contributed by atoms with Crippen molar-refractivity contribution in [2.45, 2.75) is 65.7 Å². The van der Waals surface area contributed by atoms with E-state index in [9.17, 15) is 14.4 Å². The van der Waals surface area contributed by atoms with Crippen molar-refractivity contribution in [3.8, 4) is 0 Å². The molecular formula is C17H30N2O5. The van der Waals surface area contributed by atoms with Crippen LogP contribution in [-0.2, 0) is 23.9 Å². The third-order valence-corrected chi connectivity index (χ3v) is 3.63. The van der Waals surface area contributed by atoms with E-state index in [0.29, 0.717) is 18.9 Å². The van der Waals surface area contributed by atoms with Gasteiger partial charge in [0.2, 0.25) is 5.91 Å². The Hall–Kier alpha value is -1.63. The van der Waals surface area contributed by atoms with Crippen LogP contribution in [0.3, 0.4) is 0 Å². The zero-order chi connectivity index (χ0) is 18.3. The Morgan fingerprint density at radius 1 is 1.08 bits per heavy atom. The lowest BCUT2D eigenvalue weighted by Gasteiger charge is -2.20. The van der Waals surface area contributed by atoms with Gasteiger partial charge in [0.05, 0.1) is 6.61 Å². The smallest absolute Gasteiger partial charge is 0.338 e. The number of hydrogen-bond donors (Lipinski definition) is 2. The summed E-state index contributed by atoms with van der Waals surface area (Å²) in [4.78, 5) is 36.0. The largest absolute Gasteiger partial charge is 0.464 e. The van der Waals surface area contributed by atoms with E-state index in [1.54, 1.807) is 6.92 Å². The maximum absolute atomic E-state index is 12.3. The molecule has 0 aromatic carbocycles. The Morgan fingerprint density at radius 2 is 1.75 bits per heavy atom. The molecule has 2 amide bonds. The van der Waals surface area contributed by atoms with Gasteiger partial charge in [0.1, 0.15) is 6.04 Å². The molecule has 0 unspecified atom stereocenters. The fourth-order valence-electron chi connectivity index (χ4n) is 2.28. The maximum Gasteiger partial charge on any atom is 0.338 e. The predicted octanol–water partition coefficient (Wildman–Crippen LogP) is 1.01. The predicted molar refractivity (Wildman–Crippen MR) is 89.1 cm³/mol. The summed E-state index contributed by atoms with van der Waals surface area (Å²) in [5.41, 5.74) is 0. The Labute approximate surface area is 143 Å². The molecule has 7 nitrogen and oxygen atoms in total. The second-order valence-electron chi connectivity index (χ2n) is 6.89. The van der Waals surface area contributed by atoms with Gasteiger partial charge < -0.3 is 20.1 Å². The molecular weight excluding hydrogens is 312 g/mol. The van der Waals surface area contributed by atoms with Crippen LogP contribution in [0, 0.1) is 11.8 Å². The van der Waals surface area contributed by atoms with Gasteiger partial charge in [0.25, 0.3) is 5.91 Å². The molecule has 2 N–H and O–H groups in total. The van der Waals surface area contributed by atoms with Crippen LogP contribution in [0.5, 0.6) is 0 Å². The zero-order valence-electron chi connectivity index (χ0n) is 15.3. The van der Waals surface area contributed by atoms with Gasteiger partial charge in [-0.1, -0.05) is 27.7 Å². The van der Waals surface area contributed by atoms with Gasteiger partial charge in [-0.3, -0.25) is 9.59 Å². The average Bonchev–Trinajstić information content (AvgIpc) is 3.26. The third kappa shape index (κ3) is 6.86. The zero-order valence-corrected chi connectivity index (χ0v) is 15.3. The first-order valence-corrected chi connectivity index (χ1v) is 8.66. The first-order valence-electron chi connectivity index (χ1n) is 8.66. The van der Waals surface area contributed by atoms with Crippen molar-refractivity contribution in [1.82, 2.24) is 10.6 Å². The molecule has 7 heteroatoms. The Bertz CT molecular complexity index is 450. The van der Waals surface area contributed by atoms with Crippen LogP contribution in [0.2, 0.25) is 0 Å². The second-order valence-corrected chi connectivity index (χ2v) is 6.89. The number of ether oxygens (including phenoxy) is 2. The summed E-state index contributed by atoms with van der Waals surface area (Å²) >= 11 is 0. The quantitative estimate of drug-likeness (QED) is 0.456. The molecule has 1 aliphatic heterocycles. The maximum atomic E-state index is 12.3. The molecule has 0 aromatic heterocycles. The van der Waals surface area contributed by atoms with Crippen LogP contribution in [0.15, 0.2) is 0 Å². The lowest BCUT2D eigenvalue weighted by atomic mass is 10.0. The minimum absolute atomic E-state index is 0.203. The molecule has 1 rings (SSSR count). The molecule has 3 atom stereocenters. The third-order valence-electron chi connectivity index (χ3n) is 3.63. The van der Waals surface area contributed by atoms with Crippen LogP contribution >= 0.6 is 0 Å². The highest BCUT2D eigenvalue weighted by Gasteiger charge is 2.52. The number of epoxide rings is 1. The molecule has 1 heterocycles. The minimum atomic E-state index is -0.859. The fraction of sp³-hybridized carbons (Fsp3) is 0.824. The number of rotatable bonds is 10. The monoisotopic (exact) mass is 342 g/mol. The molecule has 24 heavy (non-hydrogen) atoms. The molecule has 0 radical (unpaired) electrons. The number of nitrogens with one attached hydrogen (secondary N) is 2. The Morgan fingerprint density at radius 3 is 2.29 bits per heavy atom. The van der Waals surface area contributed by atoms with E-state index >= 15 is 0 Å². The van der Waals surface area contributed by atoms with Gasteiger partial charge in [-0.25, -0.2) is 4.79 Å². The van der Waals surface area contributed by atoms with Crippen molar-refractivity contribution in [3.05, 3.63) is 0 Å². The van der Waals surface area contributed by atoms with E-state index in [-0.39, 0.29) is 18.4 Å². The van der Waals surface area contributed by atoms with Crippen molar-refractivity contribution < 1.29 is 23.9 Å². The summed E-state index contributed by atoms with van der Waals surface area (Å²) in [6.45, 7) is 10.6. The molecule has 138 valence electrons. The first-order chi connectivity index (χ1) is 11.3. The van der Waals surface area contributed by atoms with E-state index in [4.69, 9.17) is 9.47 Å². The second kappa shape index (κ2) is 9.61. The Kier molecular flexibility index (Phi) is 8.18. The van der Waals surface area contributed by atoms with Crippen molar-refractivity contribution >= 4 is 17.8 Å². The van der Waals surface area contributed by atoms with Crippen LogP contribution in [-0.4, -0.2) is 49.2 Å². The number of amides is 2. The van der Waals surface area contributed by atoms with Gasteiger partial charge >= 0.3 is 5.97 Å². The normalized spacial score (nSPS) is 20.6. The molecule has 0 aromatic rings. The van der Waals surface area contributed by atoms with E-state index in [0.717, 1.165) is 6.42 Å². The number of esters is 1. The lowest BCUT2D eigenvalue weighted by Crippen LogP contribution is -2.49. The molecule has 0 saturated carbocycles. The van der Waals surface area contributed by atoms with Gasteiger partial charge in [-0.2, -0.15) is 0 Å². The highest BCUT2D eigenvalue weighted by Crippen LogP contribution is 2.24. The summed E-state index contributed by atoms with van der Waals surface area (Å²) in [5, 5.41) is 5.54. The van der Waals surface area contributed by atoms with Crippen LogP contribution in [0.1, 0.15) is 47.5 Å². The molecule has 1 aliphatic rings. The fourth-order valence-corrected chi connectivity index (χ4v) is 2.28. The molecule has 0 bridgehead atoms. The summed E-state index contributed by atoms with van der Waals surface area (Å²) in [6, 6.07) is -0.628. The summed E-state index contributed by atoms with van der Waals surface area (Å²) in [6.07, 6.45) is -0.309. The topological polar surface area (TPSA) is 97.0 Å². The SMILES string of the molecule is CCOC(=O)[C@@H]1O[C@@H]1C(=O)N[C@@H](CC(C)C)C(=O)NCCC(C)C. The van der Waals surface area contributed by atoms with E-state index in [1.165, 1.54) is 0 Å². The lowest BCUT2D eigenvalue weighted by molar-refractivity contribution is -0.144. The molecule has 0 aliphatic carbocycles. The Balaban J connectivity index is 2.52. The minimum Gasteiger partial charge on any atom is -0.464 e. The van der Waals surface area contributed by atoms with Gasteiger partial charge in [0.15, 0.2) is 12.2 Å². The van der Waals surface area contributed by atoms with Crippen molar-refractivity contribution in [2.75, 3.05) is 13.2 Å². The van der Waals surface area contributed by atoms with Crippen molar-refractivity contribution in [1.29, 1.82) is 0 Å². The standard InChI is InChI=1S/C17H30N2O5/c1-6-23-17(22)14-13(24-14)16(21)19-12(9-11(4)5)15(20)18-8-7-10(2)3/h10-14H,6-9H2,1-5H3,(H,18,20)(H,19,21)/t12-,13-,14+/m0/s1. The summed E-state index contributed by atoms with van der Waals surface area (Å²) < 4.78 is 9.89. The average molecular weight is 342 g/mol. The van der Waals surface area contributed by atoms with Gasteiger partial charge in [-0.15, -0.1) is 0 Å². The molecule has 1 saturated heterocycles. The van der Waals surface area contributed by atoms with Gasteiger partial charge in [0, 0.05) is 6.54 Å². The van der Waals surface area contributed by atoms with Crippen LogP contribution in [0.25, 0.3) is 0 Å². The first kappa shape index (κ1) is 20.4. The number of carbonyl (C=O) groups is 3.